The van der Waals surface area contributed by atoms with Crippen LogP contribution >= 0.6 is 0 Å². The van der Waals surface area contributed by atoms with Crippen LogP contribution in [0.15, 0.2) is 11.6 Å². The number of hydrogen-bond donors (Lipinski definition) is 0. The van der Waals surface area contributed by atoms with E-state index >= 15 is 0 Å². The summed E-state index contributed by atoms with van der Waals surface area (Å²) in [6.45, 7) is 20.7. The second-order valence-corrected chi connectivity index (χ2v) is 17.6. The maximum atomic E-state index is 2.78. The van der Waals surface area contributed by atoms with E-state index < -0.39 is 0 Å². The predicted molar refractivity (Wildman–Crippen MR) is 137 cm³/mol. The summed E-state index contributed by atoms with van der Waals surface area (Å²) in [5.74, 6) is 5.89. The number of allylic oxidation sites excluding steroid dienone is 2. The normalized spacial score (nSPS) is 48.5. The first-order valence-electron chi connectivity index (χ1n) is 14.0. The van der Waals surface area contributed by atoms with Crippen molar-refractivity contribution in [3.63, 3.8) is 0 Å². The van der Waals surface area contributed by atoms with Crippen molar-refractivity contribution in [1.82, 2.24) is 0 Å². The van der Waals surface area contributed by atoms with Crippen molar-refractivity contribution in [2.75, 3.05) is 4.93 Å². The monoisotopic (exact) mass is 553 g/mol. The van der Waals surface area contributed by atoms with Gasteiger partial charge in [-0.1, -0.05) is 11.6 Å². The summed E-state index contributed by atoms with van der Waals surface area (Å²) in [4.78, 5) is 2.57. The second kappa shape index (κ2) is 8.85. The van der Waals surface area contributed by atoms with E-state index in [1.165, 1.54) is 63.4 Å². The fourth-order valence-electron chi connectivity index (χ4n) is 10.3. The molecule has 0 amide bonds. The summed E-state index contributed by atoms with van der Waals surface area (Å²) in [6, 6.07) is 0. The number of halogens is 1. The molecular weight excluding hydrogens is 499 g/mol. The molecule has 0 bridgehead atoms. The minimum absolute atomic E-state index is 0.291. The second-order valence-electron chi connectivity index (χ2n) is 14.2. The maximum absolute atomic E-state index is 2.78. The Morgan fingerprint density at radius 3 is 2.22 bits per heavy atom. The van der Waals surface area contributed by atoms with Crippen molar-refractivity contribution in [2.24, 2.45) is 51.8 Å². The third-order valence-corrected chi connectivity index (χ3v) is 16.9. The standard InChI is InChI=1S/C31H54I/c1-21(2)11-10-12-22(3)24-14-15-25-23-13-16-27-28(4,5)31(8,32-9)20-19-30(27,7)26(23)17-18-29(24,25)6/h11,22-27H,10,12-20H2,1-9H3/q-1/t22?,23?,24?,25?,26?,27?,29-,30?,31?/m1/s1. The van der Waals surface area contributed by atoms with Gasteiger partial charge in [-0.25, -0.2) is 0 Å². The van der Waals surface area contributed by atoms with E-state index in [0.29, 0.717) is 40.9 Å². The molecule has 0 spiro atoms. The van der Waals surface area contributed by atoms with Crippen molar-refractivity contribution in [1.29, 1.82) is 0 Å². The summed E-state index contributed by atoms with van der Waals surface area (Å²) >= 11 is 0.291. The summed E-state index contributed by atoms with van der Waals surface area (Å²) < 4.78 is 0.644. The molecule has 0 aromatic rings. The average Bonchev–Trinajstić information content (AvgIpc) is 3.08. The molecule has 186 valence electrons. The first-order valence-corrected chi connectivity index (χ1v) is 17.3. The Morgan fingerprint density at radius 1 is 0.875 bits per heavy atom. The minimum atomic E-state index is 0.291. The first-order chi connectivity index (χ1) is 14.9. The molecule has 8 unspecified atom stereocenters. The molecule has 0 aromatic carbocycles. The van der Waals surface area contributed by atoms with Crippen LogP contribution in [0.1, 0.15) is 120 Å². The topological polar surface area (TPSA) is 0 Å². The van der Waals surface area contributed by atoms with Crippen molar-refractivity contribution in [3.05, 3.63) is 11.6 Å². The van der Waals surface area contributed by atoms with Gasteiger partial charge in [-0.05, 0) is 13.8 Å². The summed E-state index contributed by atoms with van der Waals surface area (Å²) in [6.07, 6.45) is 17.4. The van der Waals surface area contributed by atoms with Crippen LogP contribution in [0.25, 0.3) is 0 Å². The van der Waals surface area contributed by atoms with Crippen LogP contribution in [-0.4, -0.2) is 8.35 Å². The zero-order chi connectivity index (χ0) is 23.5. The number of hydrogen-bond acceptors (Lipinski definition) is 0. The third-order valence-electron chi connectivity index (χ3n) is 12.6. The molecule has 0 nitrogen and oxygen atoms in total. The van der Waals surface area contributed by atoms with E-state index in [9.17, 15) is 0 Å². The van der Waals surface area contributed by atoms with Gasteiger partial charge in [-0.2, -0.15) is 0 Å². The quantitative estimate of drug-likeness (QED) is 0.218. The molecular formula is C31H54I-. The fourth-order valence-corrected chi connectivity index (χ4v) is 12.9. The van der Waals surface area contributed by atoms with Crippen LogP contribution < -0.4 is 21.2 Å². The number of fused-ring (bicyclic) bond motifs is 5. The van der Waals surface area contributed by atoms with Gasteiger partial charge in [0, 0.05) is 0 Å². The van der Waals surface area contributed by atoms with Crippen molar-refractivity contribution < 1.29 is 21.2 Å². The summed E-state index contributed by atoms with van der Waals surface area (Å²) in [7, 11) is 0. The van der Waals surface area contributed by atoms with Crippen molar-refractivity contribution in [2.45, 2.75) is 123 Å². The molecule has 4 fully saturated rings. The predicted octanol–water partition coefficient (Wildman–Crippen LogP) is 6.14. The molecule has 0 N–H and O–H groups in total. The van der Waals surface area contributed by atoms with Crippen LogP contribution in [0.5, 0.6) is 0 Å². The molecule has 4 aliphatic carbocycles. The Labute approximate surface area is 211 Å². The van der Waals surface area contributed by atoms with Crippen LogP contribution in [0, 0.1) is 51.8 Å². The van der Waals surface area contributed by atoms with Crippen LogP contribution in [0.3, 0.4) is 0 Å². The Balaban J connectivity index is 1.53. The molecule has 0 saturated heterocycles. The van der Waals surface area contributed by atoms with Crippen molar-refractivity contribution >= 4 is 0 Å². The van der Waals surface area contributed by atoms with Gasteiger partial charge in [-0.15, -0.1) is 0 Å². The Hall–Kier alpha value is 0.470. The SMILES string of the molecule is C[I-]C1(C)CCC2(C)C3CC[C@]4(C)C(C(C)CCC=C(C)C)CCC4C3CCC2C1(C)C. The van der Waals surface area contributed by atoms with Gasteiger partial charge in [0.1, 0.15) is 0 Å². The molecule has 4 rings (SSSR count). The van der Waals surface area contributed by atoms with Gasteiger partial charge in [-0.3, -0.25) is 0 Å². The molecule has 9 atom stereocenters. The molecule has 1 heteroatoms. The van der Waals surface area contributed by atoms with Crippen molar-refractivity contribution in [3.8, 4) is 0 Å². The first kappa shape index (κ1) is 25.6. The van der Waals surface area contributed by atoms with Crippen LogP contribution in [0.4, 0.5) is 0 Å². The number of rotatable bonds is 5. The van der Waals surface area contributed by atoms with E-state index in [4.69, 9.17) is 0 Å². The van der Waals surface area contributed by atoms with Gasteiger partial charge in [0.2, 0.25) is 0 Å². The molecule has 32 heavy (non-hydrogen) atoms. The van der Waals surface area contributed by atoms with Gasteiger partial charge in [0.25, 0.3) is 0 Å². The Kier molecular flexibility index (Phi) is 7.07. The Morgan fingerprint density at radius 2 is 1.56 bits per heavy atom. The Bertz CT molecular complexity index is 716. The van der Waals surface area contributed by atoms with Crippen LogP contribution in [0.2, 0.25) is 0 Å². The summed E-state index contributed by atoms with van der Waals surface area (Å²) in [5, 5.41) is 0. The molecule has 4 saturated carbocycles. The van der Waals surface area contributed by atoms with E-state index in [-0.39, 0.29) is 0 Å². The molecule has 4 aliphatic rings. The van der Waals surface area contributed by atoms with Gasteiger partial charge >= 0.3 is 187 Å². The number of alkyl halides is 2. The van der Waals surface area contributed by atoms with Crippen LogP contribution in [-0.2, 0) is 0 Å². The van der Waals surface area contributed by atoms with E-state index in [0.717, 1.165) is 35.5 Å². The van der Waals surface area contributed by atoms with E-state index in [1.807, 2.05) is 0 Å². The molecule has 0 heterocycles. The third kappa shape index (κ3) is 3.80. The summed E-state index contributed by atoms with van der Waals surface area (Å²) in [5.41, 5.74) is 3.27. The van der Waals surface area contributed by atoms with E-state index in [1.54, 1.807) is 6.42 Å². The zero-order valence-electron chi connectivity index (χ0n) is 23.0. The molecule has 0 aromatic heterocycles. The zero-order valence-corrected chi connectivity index (χ0v) is 25.1. The van der Waals surface area contributed by atoms with Gasteiger partial charge in [0.05, 0.1) is 0 Å². The fraction of sp³-hybridized carbons (Fsp3) is 0.935. The molecule has 0 aliphatic heterocycles. The van der Waals surface area contributed by atoms with E-state index in [2.05, 4.69) is 66.4 Å². The van der Waals surface area contributed by atoms with Gasteiger partial charge < -0.3 is 0 Å². The average molecular weight is 554 g/mol. The molecule has 0 radical (unpaired) electrons. The van der Waals surface area contributed by atoms with Gasteiger partial charge in [0.15, 0.2) is 0 Å².